The van der Waals surface area contributed by atoms with Crippen LogP contribution in [0.4, 0.5) is 25.8 Å². The second-order valence-corrected chi connectivity index (χ2v) is 13.3. The number of fused-ring (bicyclic) bond motifs is 3. The summed E-state index contributed by atoms with van der Waals surface area (Å²) >= 11 is 0. The van der Waals surface area contributed by atoms with Crippen molar-refractivity contribution < 1.29 is 43.1 Å². The minimum absolute atomic E-state index is 0.0680. The quantitative estimate of drug-likeness (QED) is 0.0361. The van der Waals surface area contributed by atoms with Crippen LogP contribution in [-0.2, 0) is 25.7 Å². The number of nitrogens with one attached hydrogen (secondary N) is 3. The average Bonchev–Trinajstić information content (AvgIpc) is 3.48. The molecule has 0 fully saturated rings. The molecule has 5 N–H and O–H groups in total. The lowest BCUT2D eigenvalue weighted by Crippen LogP contribution is -2.55. The molecule has 0 spiro atoms. The molecule has 16 nitrogen and oxygen atoms in total. The van der Waals surface area contributed by atoms with Gasteiger partial charge in [-0.15, -0.1) is 0 Å². The number of nitrogens with zero attached hydrogens (tertiary/aromatic N) is 2. The van der Waals surface area contributed by atoms with E-state index in [2.05, 4.69) is 16.0 Å². The molecule has 4 aromatic rings. The van der Waals surface area contributed by atoms with Crippen molar-refractivity contribution in [2.24, 2.45) is 11.7 Å². The molecule has 1 aliphatic rings. The van der Waals surface area contributed by atoms with Crippen molar-refractivity contribution in [2.75, 3.05) is 18.9 Å². The fourth-order valence-corrected chi connectivity index (χ4v) is 6.32. The summed E-state index contributed by atoms with van der Waals surface area (Å²) < 4.78 is 16.2. The van der Waals surface area contributed by atoms with Gasteiger partial charge in [-0.1, -0.05) is 74.5 Å². The average molecular weight is 767 g/mol. The smallest absolute Gasteiger partial charge is 0.436 e. The lowest BCUT2D eigenvalue weighted by molar-refractivity contribution is -0.384. The van der Waals surface area contributed by atoms with Crippen LogP contribution in [0.15, 0.2) is 97.1 Å². The van der Waals surface area contributed by atoms with E-state index in [-0.39, 0.29) is 43.3 Å². The molecule has 5 amide bonds. The number of hydrogen-bond donors (Lipinski definition) is 4. The number of nitrogens with two attached hydrogens (primary N) is 1. The Morgan fingerprint density at radius 2 is 1.46 bits per heavy atom. The Bertz CT molecular complexity index is 2030. The van der Waals surface area contributed by atoms with Crippen LogP contribution in [0, 0.1) is 16.0 Å². The number of ether oxygens (including phenoxy) is 3. The molecular weight excluding hydrogens is 724 g/mol. The molecule has 0 aliphatic heterocycles. The summed E-state index contributed by atoms with van der Waals surface area (Å²) in [5, 5.41) is 18.8. The van der Waals surface area contributed by atoms with Crippen LogP contribution in [-0.4, -0.2) is 65.6 Å². The number of amides is 5. The summed E-state index contributed by atoms with van der Waals surface area (Å²) in [4.78, 5) is 76.0. The van der Waals surface area contributed by atoms with E-state index < -0.39 is 53.2 Å². The zero-order chi connectivity index (χ0) is 40.4. The van der Waals surface area contributed by atoms with Crippen molar-refractivity contribution in [3.05, 3.63) is 124 Å². The maximum absolute atomic E-state index is 13.9. The van der Waals surface area contributed by atoms with Crippen molar-refractivity contribution in [2.45, 2.75) is 51.5 Å². The highest BCUT2D eigenvalue weighted by molar-refractivity contribution is 5.98. The van der Waals surface area contributed by atoms with E-state index in [9.17, 15) is 34.1 Å². The van der Waals surface area contributed by atoms with Crippen LogP contribution in [0.5, 0.6) is 5.75 Å². The van der Waals surface area contributed by atoms with Crippen molar-refractivity contribution in [3.63, 3.8) is 0 Å². The number of nitro groups is 1. The third kappa shape index (κ3) is 10.2. The van der Waals surface area contributed by atoms with Gasteiger partial charge in [-0.3, -0.25) is 24.6 Å². The van der Waals surface area contributed by atoms with Gasteiger partial charge in [-0.2, -0.15) is 0 Å². The number of carbonyl (C=O) groups is 5. The number of hydrogen-bond acceptors (Lipinski definition) is 10. The summed E-state index contributed by atoms with van der Waals surface area (Å²) in [5.41, 5.74) is 9.57. The number of urea groups is 1. The zero-order valence-electron chi connectivity index (χ0n) is 30.9. The molecule has 2 atom stereocenters. The Hall–Kier alpha value is -6.97. The highest BCUT2D eigenvalue weighted by Crippen LogP contribution is 2.45. The van der Waals surface area contributed by atoms with Crippen LogP contribution < -0.4 is 26.4 Å². The van der Waals surface area contributed by atoms with Crippen molar-refractivity contribution in [1.29, 1.82) is 0 Å². The van der Waals surface area contributed by atoms with Crippen molar-refractivity contribution >= 4 is 41.5 Å². The Balaban J connectivity index is 1.21. The van der Waals surface area contributed by atoms with Gasteiger partial charge in [0.05, 0.1) is 4.92 Å². The van der Waals surface area contributed by atoms with E-state index in [1.807, 2.05) is 48.5 Å². The molecule has 292 valence electrons. The van der Waals surface area contributed by atoms with Crippen LogP contribution >= 0.6 is 0 Å². The second kappa shape index (κ2) is 18.4. The molecule has 0 radical (unpaired) electrons. The topological polar surface area (TPSA) is 222 Å². The van der Waals surface area contributed by atoms with E-state index in [4.69, 9.17) is 19.9 Å². The van der Waals surface area contributed by atoms with Gasteiger partial charge >= 0.3 is 18.3 Å². The minimum Gasteiger partial charge on any atom is -0.436 e. The van der Waals surface area contributed by atoms with E-state index in [1.165, 1.54) is 36.2 Å². The Kier molecular flexibility index (Phi) is 13.2. The van der Waals surface area contributed by atoms with Crippen LogP contribution in [0.1, 0.15) is 49.5 Å². The van der Waals surface area contributed by atoms with Crippen LogP contribution in [0.25, 0.3) is 11.1 Å². The lowest BCUT2D eigenvalue weighted by atomic mass is 10.0. The molecular formula is C40H42N6O10. The van der Waals surface area contributed by atoms with Gasteiger partial charge in [0.2, 0.25) is 11.8 Å². The predicted octanol–water partition coefficient (Wildman–Crippen LogP) is 6.05. The largest absolute Gasteiger partial charge is 0.514 e. The number of primary amides is 1. The van der Waals surface area contributed by atoms with Crippen molar-refractivity contribution in [1.82, 2.24) is 15.5 Å². The molecule has 0 saturated heterocycles. The first-order valence-corrected chi connectivity index (χ1v) is 17.8. The molecule has 0 aromatic heterocycles. The van der Waals surface area contributed by atoms with Gasteiger partial charge in [-0.25, -0.2) is 14.4 Å². The molecule has 16 heteroatoms. The first-order valence-electron chi connectivity index (χ1n) is 17.8. The van der Waals surface area contributed by atoms with E-state index in [0.29, 0.717) is 11.3 Å². The summed E-state index contributed by atoms with van der Waals surface area (Å²) in [6, 6.07) is 23.8. The Morgan fingerprint density at radius 1 is 0.857 bits per heavy atom. The number of nitro benzene ring substituents is 1. The molecule has 56 heavy (non-hydrogen) atoms. The number of carbonyl (C=O) groups excluding carboxylic acids is 5. The maximum atomic E-state index is 13.9. The van der Waals surface area contributed by atoms with Gasteiger partial charge in [0, 0.05) is 42.5 Å². The van der Waals surface area contributed by atoms with E-state index in [0.717, 1.165) is 22.3 Å². The fraction of sp³-hybridized carbons (Fsp3) is 0.275. The van der Waals surface area contributed by atoms with Crippen LogP contribution in [0.3, 0.4) is 0 Å². The number of non-ortho nitro benzene ring substituents is 1. The molecule has 1 aliphatic carbocycles. The summed E-state index contributed by atoms with van der Waals surface area (Å²) in [7, 11) is 1.48. The SMILES string of the molecule is CC(C)C(C(=O)NC(CCCNC(N)=O)C(=O)Nc1ccc(COC(=O)Oc2ccc([N+](=O)[O-])cc2)cc1)N(C)C(=O)OC1c2ccccc2-c2ccccc21. The third-order valence-corrected chi connectivity index (χ3v) is 9.03. The standard InChI is InChI=1S/C40H42N6O10/c1-24(2)34(45(3)39(50)56-35-31-11-6-4-9-29(31)30-10-5-7-12-32(30)35)37(48)44-33(13-8-22-42-38(41)49)36(47)43-26-16-14-25(15-17-26)23-54-40(51)55-28-20-18-27(19-21-28)46(52)53/h4-7,9-12,14-21,24,33-35H,8,13,22-23H2,1-3H3,(H,43,47)(H,44,48)(H3,41,42,49). The van der Waals surface area contributed by atoms with Gasteiger partial charge < -0.3 is 35.9 Å². The first-order chi connectivity index (χ1) is 26.8. The number of anilines is 1. The number of benzene rings is 4. The Labute approximate surface area is 322 Å². The lowest BCUT2D eigenvalue weighted by Gasteiger charge is -2.32. The van der Waals surface area contributed by atoms with Gasteiger partial charge in [0.1, 0.15) is 24.4 Å². The molecule has 0 heterocycles. The molecule has 0 bridgehead atoms. The zero-order valence-corrected chi connectivity index (χ0v) is 30.9. The van der Waals surface area contributed by atoms with Gasteiger partial charge in [0.25, 0.3) is 5.69 Å². The molecule has 4 aromatic carbocycles. The number of rotatable bonds is 15. The first kappa shape index (κ1) is 40.2. The molecule has 0 saturated carbocycles. The summed E-state index contributed by atoms with van der Waals surface area (Å²) in [6.07, 6.45) is -1.99. The number of likely N-dealkylation sites (N-methyl/N-ethyl adjacent to an activating group) is 1. The Morgan fingerprint density at radius 3 is 2.04 bits per heavy atom. The third-order valence-electron chi connectivity index (χ3n) is 9.03. The molecule has 5 rings (SSSR count). The van der Waals surface area contributed by atoms with E-state index >= 15 is 0 Å². The van der Waals surface area contributed by atoms with Crippen LogP contribution in [0.2, 0.25) is 0 Å². The fourth-order valence-electron chi connectivity index (χ4n) is 6.32. The van der Waals surface area contributed by atoms with Crippen molar-refractivity contribution in [3.8, 4) is 16.9 Å². The minimum atomic E-state index is -1.08. The molecule has 2 unspecified atom stereocenters. The second-order valence-electron chi connectivity index (χ2n) is 13.3. The van der Waals surface area contributed by atoms with Gasteiger partial charge in [-0.05, 0) is 59.7 Å². The highest BCUT2D eigenvalue weighted by Gasteiger charge is 2.37. The predicted molar refractivity (Wildman–Crippen MR) is 204 cm³/mol. The maximum Gasteiger partial charge on any atom is 0.514 e. The summed E-state index contributed by atoms with van der Waals surface area (Å²) in [5.74, 6) is -1.45. The normalized spacial score (nSPS) is 12.6. The van der Waals surface area contributed by atoms with E-state index in [1.54, 1.807) is 38.1 Å². The van der Waals surface area contributed by atoms with Gasteiger partial charge in [0.15, 0.2) is 6.10 Å². The highest BCUT2D eigenvalue weighted by atomic mass is 16.7. The summed E-state index contributed by atoms with van der Waals surface area (Å²) in [6.45, 7) is 3.54. The monoisotopic (exact) mass is 766 g/mol.